The van der Waals surface area contributed by atoms with Crippen LogP contribution >= 0.6 is 0 Å². The van der Waals surface area contributed by atoms with E-state index in [9.17, 15) is 0 Å². The number of benzene rings is 10. The summed E-state index contributed by atoms with van der Waals surface area (Å²) in [6, 6.07) is 80.5. The van der Waals surface area contributed by atoms with Crippen LogP contribution in [0, 0.1) is 0 Å². The second-order valence-electron chi connectivity index (χ2n) is 17.5. The monoisotopic (exact) mass is 882 g/mol. The fourth-order valence-electron chi connectivity index (χ4n) is 10.1. The molecular weight excluding hydrogens is 845 g/mol. The molecule has 0 atom stereocenters. The van der Waals surface area contributed by atoms with Crippen molar-refractivity contribution in [1.82, 2.24) is 19.5 Å². The molecule has 0 unspecified atom stereocenters. The van der Waals surface area contributed by atoms with Gasteiger partial charge in [-0.3, -0.25) is 0 Å². The molecule has 0 fully saturated rings. The normalized spacial score (nSPS) is 11.8. The molecule has 0 saturated carbocycles. The Labute approximate surface area is 396 Å². The Hall–Kier alpha value is -9.39. The number of nitrogens with zero attached hydrogens (tertiary/aromatic N) is 4. The smallest absolute Gasteiger partial charge is 0.164 e. The van der Waals surface area contributed by atoms with Crippen LogP contribution < -0.4 is 0 Å². The Morgan fingerprint density at radius 1 is 0.275 bits per heavy atom. The topological polar surface area (TPSA) is 69.9 Å². The Bertz CT molecular complexity index is 4280. The molecule has 0 amide bonds. The maximum absolute atomic E-state index is 6.53. The molecule has 4 aromatic heterocycles. The summed E-state index contributed by atoms with van der Waals surface area (Å²) < 4.78 is 15.1. The Morgan fingerprint density at radius 2 is 0.768 bits per heavy atom. The zero-order chi connectivity index (χ0) is 45.4. The standard InChI is InChI=1S/C63H38N4O2/c1-3-12-42(13-4-1)61-64-62(43-28-26-41(27-29-43)46-30-33-50-49-17-8-10-20-56(49)69-59(50)38-46)66-63(65-61)51-18-11-21-58-60(51)53-37-45(32-35-57(53)68-58)40-24-22-39(23-25-40)44-31-34-55-52(36-44)48-16-7-9-19-54(48)67(55)47-14-5-2-6-15-47/h1-38H. The van der Waals surface area contributed by atoms with E-state index in [1.54, 1.807) is 0 Å². The van der Waals surface area contributed by atoms with Crippen molar-refractivity contribution < 1.29 is 8.83 Å². The summed E-state index contributed by atoms with van der Waals surface area (Å²) in [5.41, 5.74) is 16.2. The molecule has 14 aromatic rings. The summed E-state index contributed by atoms with van der Waals surface area (Å²) >= 11 is 0. The van der Waals surface area contributed by atoms with Gasteiger partial charge in [0.15, 0.2) is 17.5 Å². The van der Waals surface area contributed by atoms with Crippen LogP contribution in [0.15, 0.2) is 239 Å². The fourth-order valence-corrected chi connectivity index (χ4v) is 10.1. The lowest BCUT2D eigenvalue weighted by molar-refractivity contribution is 0.668. The fraction of sp³-hybridized carbons (Fsp3) is 0. The second-order valence-corrected chi connectivity index (χ2v) is 17.5. The summed E-state index contributed by atoms with van der Waals surface area (Å²) in [7, 11) is 0. The van der Waals surface area contributed by atoms with E-state index in [0.717, 1.165) is 94.1 Å². The first-order valence-electron chi connectivity index (χ1n) is 23.2. The van der Waals surface area contributed by atoms with Crippen molar-refractivity contribution in [2.75, 3.05) is 0 Å². The van der Waals surface area contributed by atoms with Crippen LogP contribution in [0.25, 0.3) is 139 Å². The van der Waals surface area contributed by atoms with E-state index in [0.29, 0.717) is 17.5 Å². The molecule has 0 aliphatic carbocycles. The molecular formula is C63H38N4O2. The highest BCUT2D eigenvalue weighted by Gasteiger charge is 2.20. The molecule has 0 saturated heterocycles. The minimum atomic E-state index is 0.574. The average molecular weight is 883 g/mol. The van der Waals surface area contributed by atoms with E-state index in [-0.39, 0.29) is 0 Å². The van der Waals surface area contributed by atoms with Crippen LogP contribution in [-0.4, -0.2) is 19.5 Å². The lowest BCUT2D eigenvalue weighted by Crippen LogP contribution is -2.00. The minimum absolute atomic E-state index is 0.574. The van der Waals surface area contributed by atoms with Crippen molar-refractivity contribution in [3.63, 3.8) is 0 Å². The van der Waals surface area contributed by atoms with Gasteiger partial charge in [0.25, 0.3) is 0 Å². The van der Waals surface area contributed by atoms with E-state index in [1.165, 1.54) is 27.4 Å². The van der Waals surface area contributed by atoms with Gasteiger partial charge in [-0.2, -0.15) is 0 Å². The van der Waals surface area contributed by atoms with E-state index in [2.05, 4.69) is 174 Å². The molecule has 14 rings (SSSR count). The first kappa shape index (κ1) is 38.8. The maximum atomic E-state index is 6.53. The zero-order valence-corrected chi connectivity index (χ0v) is 37.0. The van der Waals surface area contributed by atoms with Gasteiger partial charge in [-0.25, -0.2) is 15.0 Å². The summed E-state index contributed by atoms with van der Waals surface area (Å²) in [6.45, 7) is 0. The number of para-hydroxylation sites is 3. The third-order valence-electron chi connectivity index (χ3n) is 13.5. The van der Waals surface area contributed by atoms with E-state index in [4.69, 9.17) is 23.8 Å². The number of fused-ring (bicyclic) bond motifs is 9. The number of hydrogen-bond acceptors (Lipinski definition) is 5. The SMILES string of the molecule is c1ccc(-c2nc(-c3ccc(-c4ccc5c(c4)oc4ccccc45)cc3)nc(-c3cccc4oc5ccc(-c6ccc(-c7ccc8c(c7)c7ccccc7n8-c7ccccc7)cc6)cc5c34)n2)cc1. The minimum Gasteiger partial charge on any atom is -0.456 e. The Morgan fingerprint density at radius 3 is 1.52 bits per heavy atom. The molecule has 10 aromatic carbocycles. The van der Waals surface area contributed by atoms with Crippen molar-refractivity contribution in [3.05, 3.63) is 231 Å². The first-order valence-corrected chi connectivity index (χ1v) is 23.2. The zero-order valence-electron chi connectivity index (χ0n) is 37.0. The molecule has 0 spiro atoms. The summed E-state index contributed by atoms with van der Waals surface area (Å²) in [5, 5.41) is 6.66. The van der Waals surface area contributed by atoms with Crippen LogP contribution in [0.3, 0.4) is 0 Å². The third kappa shape index (κ3) is 6.53. The Kier molecular flexibility index (Phi) is 8.79. The van der Waals surface area contributed by atoms with Crippen molar-refractivity contribution in [2.45, 2.75) is 0 Å². The predicted molar refractivity (Wildman–Crippen MR) is 281 cm³/mol. The summed E-state index contributed by atoms with van der Waals surface area (Å²) in [5.74, 6) is 1.76. The molecule has 6 nitrogen and oxygen atoms in total. The average Bonchev–Trinajstić information content (AvgIpc) is 4.10. The van der Waals surface area contributed by atoms with Crippen molar-refractivity contribution >= 4 is 65.7 Å². The van der Waals surface area contributed by atoms with Gasteiger partial charge in [0.1, 0.15) is 22.3 Å². The van der Waals surface area contributed by atoms with Crippen molar-refractivity contribution in [3.8, 4) is 73.2 Å². The highest BCUT2D eigenvalue weighted by molar-refractivity contribution is 6.13. The highest BCUT2D eigenvalue weighted by atomic mass is 16.3. The summed E-state index contributed by atoms with van der Waals surface area (Å²) in [4.78, 5) is 15.4. The van der Waals surface area contributed by atoms with E-state index < -0.39 is 0 Å². The van der Waals surface area contributed by atoms with Gasteiger partial charge < -0.3 is 13.4 Å². The number of aromatic nitrogens is 4. The summed E-state index contributed by atoms with van der Waals surface area (Å²) in [6.07, 6.45) is 0. The number of hydrogen-bond donors (Lipinski definition) is 0. The van der Waals surface area contributed by atoms with Gasteiger partial charge in [0.05, 0.1) is 11.0 Å². The van der Waals surface area contributed by atoms with Crippen LogP contribution in [0.4, 0.5) is 0 Å². The van der Waals surface area contributed by atoms with E-state index in [1.807, 2.05) is 60.7 Å². The molecule has 322 valence electrons. The predicted octanol–water partition coefficient (Wildman–Crippen LogP) is 16.8. The van der Waals surface area contributed by atoms with E-state index >= 15 is 0 Å². The number of rotatable bonds is 7. The molecule has 0 N–H and O–H groups in total. The molecule has 6 heteroatoms. The maximum Gasteiger partial charge on any atom is 0.164 e. The van der Waals surface area contributed by atoms with Gasteiger partial charge in [-0.1, -0.05) is 164 Å². The van der Waals surface area contributed by atoms with Crippen LogP contribution in [0.1, 0.15) is 0 Å². The van der Waals surface area contributed by atoms with Gasteiger partial charge in [0.2, 0.25) is 0 Å². The lowest BCUT2D eigenvalue weighted by Gasteiger charge is -2.10. The number of furan rings is 2. The first-order chi connectivity index (χ1) is 34.2. The van der Waals surface area contributed by atoms with Gasteiger partial charge in [-0.15, -0.1) is 0 Å². The molecule has 0 radical (unpaired) electrons. The van der Waals surface area contributed by atoms with Crippen molar-refractivity contribution in [1.29, 1.82) is 0 Å². The van der Waals surface area contributed by atoms with Crippen LogP contribution in [0.5, 0.6) is 0 Å². The second kappa shape index (κ2) is 15.6. The van der Waals surface area contributed by atoms with Gasteiger partial charge in [-0.05, 0) is 100 Å². The Balaban J connectivity index is 0.826. The molecule has 0 aliphatic heterocycles. The van der Waals surface area contributed by atoms with Crippen LogP contribution in [0.2, 0.25) is 0 Å². The van der Waals surface area contributed by atoms with Crippen molar-refractivity contribution in [2.24, 2.45) is 0 Å². The highest BCUT2D eigenvalue weighted by Crippen LogP contribution is 2.40. The van der Waals surface area contributed by atoms with Gasteiger partial charge in [0, 0.05) is 54.7 Å². The largest absolute Gasteiger partial charge is 0.456 e. The van der Waals surface area contributed by atoms with Crippen LogP contribution in [-0.2, 0) is 0 Å². The molecule has 69 heavy (non-hydrogen) atoms. The lowest BCUT2D eigenvalue weighted by atomic mass is 9.97. The third-order valence-corrected chi connectivity index (χ3v) is 13.5. The quantitative estimate of drug-likeness (QED) is 0.159. The molecule has 4 heterocycles. The molecule has 0 bridgehead atoms. The van der Waals surface area contributed by atoms with Gasteiger partial charge >= 0.3 is 0 Å². The molecule has 0 aliphatic rings.